The van der Waals surface area contributed by atoms with Gasteiger partial charge in [-0.05, 0) is 44.9 Å². The molecule has 2 fully saturated rings. The first-order chi connectivity index (χ1) is 8.22. The molecule has 2 unspecified atom stereocenters. The molecule has 2 atom stereocenters. The molecule has 0 aromatic carbocycles. The second kappa shape index (κ2) is 5.85. The van der Waals surface area contributed by atoms with E-state index in [1.54, 1.807) is 0 Å². The Bertz CT molecular complexity index is 255. The first-order valence-electron chi connectivity index (χ1n) is 7.26. The first kappa shape index (κ1) is 12.9. The molecular formula is C14H26N2O. The first-order valence-corrected chi connectivity index (χ1v) is 7.26. The third kappa shape index (κ3) is 3.21. The number of hydrogen-bond donors (Lipinski definition) is 1. The summed E-state index contributed by atoms with van der Waals surface area (Å²) in [7, 11) is 0. The zero-order valence-electron chi connectivity index (χ0n) is 11.2. The number of nitrogens with one attached hydrogen (secondary N) is 1. The van der Waals surface area contributed by atoms with Gasteiger partial charge in [-0.15, -0.1) is 0 Å². The topological polar surface area (TPSA) is 32.3 Å². The van der Waals surface area contributed by atoms with E-state index in [4.69, 9.17) is 0 Å². The van der Waals surface area contributed by atoms with Crippen LogP contribution in [0, 0.1) is 5.92 Å². The molecule has 2 heterocycles. The van der Waals surface area contributed by atoms with Crippen LogP contribution in [0.25, 0.3) is 0 Å². The second-order valence-electron chi connectivity index (χ2n) is 5.65. The van der Waals surface area contributed by atoms with Gasteiger partial charge >= 0.3 is 0 Å². The van der Waals surface area contributed by atoms with Crippen molar-refractivity contribution >= 4 is 5.91 Å². The number of carbonyl (C=O) groups excluding carboxylic acids is 1. The summed E-state index contributed by atoms with van der Waals surface area (Å²) in [5.41, 5.74) is 0. The third-order valence-electron chi connectivity index (χ3n) is 4.26. The zero-order chi connectivity index (χ0) is 12.3. The van der Waals surface area contributed by atoms with Crippen LogP contribution < -0.4 is 5.32 Å². The van der Waals surface area contributed by atoms with E-state index in [1.807, 2.05) is 4.90 Å². The van der Waals surface area contributed by atoms with E-state index in [0.717, 1.165) is 25.9 Å². The van der Waals surface area contributed by atoms with Gasteiger partial charge in [-0.2, -0.15) is 0 Å². The molecule has 2 aliphatic rings. The predicted octanol–water partition coefficient (Wildman–Crippen LogP) is 2.17. The predicted molar refractivity (Wildman–Crippen MR) is 69.8 cm³/mol. The van der Waals surface area contributed by atoms with Gasteiger partial charge < -0.3 is 10.2 Å². The molecule has 3 heteroatoms. The summed E-state index contributed by atoms with van der Waals surface area (Å²) >= 11 is 0. The molecule has 2 rings (SSSR count). The van der Waals surface area contributed by atoms with Crippen LogP contribution in [-0.2, 0) is 4.79 Å². The van der Waals surface area contributed by atoms with Crippen molar-refractivity contribution in [2.45, 2.75) is 64.5 Å². The van der Waals surface area contributed by atoms with Crippen molar-refractivity contribution in [1.29, 1.82) is 0 Å². The van der Waals surface area contributed by atoms with E-state index in [2.05, 4.69) is 19.2 Å². The minimum absolute atomic E-state index is 0.376. The van der Waals surface area contributed by atoms with Crippen molar-refractivity contribution in [1.82, 2.24) is 10.2 Å². The summed E-state index contributed by atoms with van der Waals surface area (Å²) in [6.45, 7) is 6.01. The van der Waals surface area contributed by atoms with E-state index < -0.39 is 0 Å². The summed E-state index contributed by atoms with van der Waals surface area (Å²) in [5.74, 6) is 1.01. The van der Waals surface area contributed by atoms with E-state index in [9.17, 15) is 4.79 Å². The van der Waals surface area contributed by atoms with Gasteiger partial charge in [0.1, 0.15) is 0 Å². The van der Waals surface area contributed by atoms with Crippen molar-refractivity contribution in [2.24, 2.45) is 5.92 Å². The molecule has 0 saturated carbocycles. The maximum absolute atomic E-state index is 12.2. The average molecular weight is 238 g/mol. The maximum atomic E-state index is 12.2. The highest BCUT2D eigenvalue weighted by Crippen LogP contribution is 2.32. The molecule has 0 aromatic rings. The molecule has 0 aliphatic carbocycles. The Morgan fingerprint density at radius 1 is 1.24 bits per heavy atom. The summed E-state index contributed by atoms with van der Waals surface area (Å²) < 4.78 is 0. The number of amides is 1. The van der Waals surface area contributed by atoms with Gasteiger partial charge in [-0.1, -0.05) is 6.92 Å². The summed E-state index contributed by atoms with van der Waals surface area (Å²) in [6.07, 6.45) is 6.92. The minimum atomic E-state index is 0.376. The van der Waals surface area contributed by atoms with E-state index in [-0.39, 0.29) is 0 Å². The van der Waals surface area contributed by atoms with Crippen LogP contribution in [0.3, 0.4) is 0 Å². The third-order valence-corrected chi connectivity index (χ3v) is 4.26. The molecular weight excluding hydrogens is 212 g/mol. The molecule has 17 heavy (non-hydrogen) atoms. The maximum Gasteiger partial charge on any atom is 0.222 e. The summed E-state index contributed by atoms with van der Waals surface area (Å²) in [6, 6.07) is 1.40. The fourth-order valence-electron chi connectivity index (χ4n) is 3.45. The lowest BCUT2D eigenvalue weighted by Crippen LogP contribution is -2.40. The summed E-state index contributed by atoms with van der Waals surface area (Å²) in [4.78, 5) is 14.2. The Kier molecular flexibility index (Phi) is 4.43. The Morgan fingerprint density at radius 2 is 1.88 bits per heavy atom. The average Bonchev–Trinajstić information content (AvgIpc) is 2.65. The van der Waals surface area contributed by atoms with Gasteiger partial charge in [0, 0.05) is 31.6 Å². The van der Waals surface area contributed by atoms with Crippen LogP contribution >= 0.6 is 0 Å². The highest BCUT2D eigenvalue weighted by molar-refractivity contribution is 5.76. The molecule has 1 amide bonds. The molecule has 2 bridgehead atoms. The van der Waals surface area contributed by atoms with Gasteiger partial charge in [-0.25, -0.2) is 0 Å². The van der Waals surface area contributed by atoms with Crippen molar-refractivity contribution in [3.05, 3.63) is 0 Å². The number of hydrogen-bond acceptors (Lipinski definition) is 2. The molecule has 0 aromatic heterocycles. The lowest BCUT2D eigenvalue weighted by atomic mass is 9.89. The number of piperidine rings is 1. The van der Waals surface area contributed by atoms with E-state index in [1.165, 1.54) is 25.7 Å². The van der Waals surface area contributed by atoms with Crippen LogP contribution in [-0.4, -0.2) is 36.0 Å². The van der Waals surface area contributed by atoms with Crippen LogP contribution in [0.2, 0.25) is 0 Å². The molecule has 2 saturated heterocycles. The van der Waals surface area contributed by atoms with Crippen LogP contribution in [0.5, 0.6) is 0 Å². The highest BCUT2D eigenvalue weighted by atomic mass is 16.2. The molecule has 0 spiro atoms. The molecule has 3 nitrogen and oxygen atoms in total. The monoisotopic (exact) mass is 238 g/mol. The van der Waals surface area contributed by atoms with Crippen LogP contribution in [0.15, 0.2) is 0 Å². The SMILES string of the molecule is CCCN(CC)C(=O)CC1CC2CCC(C1)N2. The normalized spacial score (nSPS) is 31.5. The number of carbonyl (C=O) groups is 1. The number of rotatable bonds is 5. The van der Waals surface area contributed by atoms with E-state index in [0.29, 0.717) is 23.9 Å². The van der Waals surface area contributed by atoms with Gasteiger partial charge in [0.15, 0.2) is 0 Å². The van der Waals surface area contributed by atoms with Crippen molar-refractivity contribution in [3.8, 4) is 0 Å². The minimum Gasteiger partial charge on any atom is -0.343 e. The van der Waals surface area contributed by atoms with E-state index >= 15 is 0 Å². The number of nitrogens with zero attached hydrogens (tertiary/aromatic N) is 1. The Hall–Kier alpha value is -0.570. The second-order valence-corrected chi connectivity index (χ2v) is 5.65. The lowest BCUT2D eigenvalue weighted by molar-refractivity contribution is -0.132. The van der Waals surface area contributed by atoms with Gasteiger partial charge in [-0.3, -0.25) is 4.79 Å². The molecule has 1 N–H and O–H groups in total. The van der Waals surface area contributed by atoms with Crippen molar-refractivity contribution < 1.29 is 4.79 Å². The number of fused-ring (bicyclic) bond motifs is 2. The van der Waals surface area contributed by atoms with Gasteiger partial charge in [0.2, 0.25) is 5.91 Å². The Morgan fingerprint density at radius 3 is 2.41 bits per heavy atom. The summed E-state index contributed by atoms with van der Waals surface area (Å²) in [5, 5.41) is 3.64. The quantitative estimate of drug-likeness (QED) is 0.796. The Labute approximate surface area is 105 Å². The molecule has 2 aliphatic heterocycles. The zero-order valence-corrected chi connectivity index (χ0v) is 11.2. The van der Waals surface area contributed by atoms with Gasteiger partial charge in [0.05, 0.1) is 0 Å². The standard InChI is InChI=1S/C14H26N2O/c1-3-7-16(4-2)14(17)10-11-8-12-5-6-13(9-11)15-12/h11-13,15H,3-10H2,1-2H3. The van der Waals surface area contributed by atoms with Crippen LogP contribution in [0.4, 0.5) is 0 Å². The molecule has 0 radical (unpaired) electrons. The fourth-order valence-corrected chi connectivity index (χ4v) is 3.45. The largest absolute Gasteiger partial charge is 0.343 e. The smallest absolute Gasteiger partial charge is 0.222 e. The fraction of sp³-hybridized carbons (Fsp3) is 0.929. The van der Waals surface area contributed by atoms with Crippen molar-refractivity contribution in [2.75, 3.05) is 13.1 Å². The highest BCUT2D eigenvalue weighted by Gasteiger charge is 2.34. The lowest BCUT2D eigenvalue weighted by Gasteiger charge is -2.30. The molecule has 98 valence electrons. The van der Waals surface area contributed by atoms with Crippen LogP contribution in [0.1, 0.15) is 52.4 Å². The van der Waals surface area contributed by atoms with Gasteiger partial charge in [0.25, 0.3) is 0 Å². The Balaban J connectivity index is 1.81. The van der Waals surface area contributed by atoms with Crippen molar-refractivity contribution in [3.63, 3.8) is 0 Å².